The smallest absolute Gasteiger partial charge is 0.235 e. The zero-order valence-electron chi connectivity index (χ0n) is 26.1. The van der Waals surface area contributed by atoms with E-state index in [2.05, 4.69) is 75.2 Å². The maximum Gasteiger partial charge on any atom is 0.235 e. The number of benzene rings is 2. The van der Waals surface area contributed by atoms with Gasteiger partial charge in [0, 0.05) is 67.3 Å². The van der Waals surface area contributed by atoms with Crippen molar-refractivity contribution in [3.8, 4) is 5.75 Å². The summed E-state index contributed by atoms with van der Waals surface area (Å²) in [5.41, 5.74) is 4.12. The van der Waals surface area contributed by atoms with E-state index in [9.17, 15) is 9.59 Å². The van der Waals surface area contributed by atoms with Gasteiger partial charge in [-0.2, -0.15) is 5.10 Å². The molecule has 0 bridgehead atoms. The lowest BCUT2D eigenvalue weighted by Crippen LogP contribution is -2.48. The van der Waals surface area contributed by atoms with Crippen molar-refractivity contribution in [1.29, 1.82) is 0 Å². The van der Waals surface area contributed by atoms with Crippen molar-refractivity contribution in [1.82, 2.24) is 20.0 Å². The van der Waals surface area contributed by atoms with Crippen LogP contribution in [0.4, 0.5) is 5.69 Å². The lowest BCUT2D eigenvalue weighted by atomic mass is 9.93. The molecule has 2 aliphatic heterocycles. The fraction of sp³-hybridized carbons (Fsp3) is 0.559. The number of carbonyl (C=O) groups excluding carboxylic acids is 2. The fourth-order valence-corrected chi connectivity index (χ4v) is 7.22. The molecule has 9 nitrogen and oxygen atoms in total. The van der Waals surface area contributed by atoms with Crippen LogP contribution in [0.25, 0.3) is 10.9 Å². The highest BCUT2D eigenvalue weighted by Gasteiger charge is 2.32. The van der Waals surface area contributed by atoms with E-state index >= 15 is 0 Å². The van der Waals surface area contributed by atoms with E-state index in [4.69, 9.17) is 14.6 Å². The number of hydrogen-bond acceptors (Lipinski definition) is 7. The number of aromatic nitrogens is 2. The number of imide groups is 1. The third-order valence-corrected chi connectivity index (χ3v) is 10.3. The van der Waals surface area contributed by atoms with Gasteiger partial charge >= 0.3 is 0 Å². The molecular weight excluding hydrogens is 622 g/mol. The largest absolute Gasteiger partial charge is 0.490 e. The highest BCUT2D eigenvalue weighted by Crippen LogP contribution is 2.33. The van der Waals surface area contributed by atoms with Gasteiger partial charge in [0.15, 0.2) is 0 Å². The van der Waals surface area contributed by atoms with Crippen LogP contribution in [0.15, 0.2) is 40.9 Å². The molecule has 0 radical (unpaired) electrons. The predicted molar refractivity (Wildman–Crippen MR) is 175 cm³/mol. The van der Waals surface area contributed by atoms with Crippen molar-refractivity contribution in [3.63, 3.8) is 0 Å². The van der Waals surface area contributed by atoms with Crippen molar-refractivity contribution in [2.24, 2.45) is 13.0 Å². The standard InChI is InChI=1S/C34H44BrN5O4/c1-22(21-43-25-8-10-26(11-9-25)44-31-6-4-5-29(35)23(31)2)20-39-15-17-40(18-16-39)24-7-12-27-30(19-24)38(3)37-33(27)28-13-14-32(41)36-34(28)42/h4-7,12,19,22,25-26,28H,8-11,13-18,20-21H2,1-3H3,(H,36,41,42)/t22-,25?,26?,28?/m1/s1. The number of hydrogen-bond donors (Lipinski definition) is 1. The molecule has 10 heteroatoms. The predicted octanol–water partition coefficient (Wildman–Crippen LogP) is 5.33. The fourth-order valence-electron chi connectivity index (χ4n) is 6.88. The van der Waals surface area contributed by atoms with Crippen molar-refractivity contribution in [2.45, 2.75) is 70.5 Å². The van der Waals surface area contributed by atoms with E-state index < -0.39 is 0 Å². The van der Waals surface area contributed by atoms with Crippen molar-refractivity contribution >= 4 is 44.3 Å². The third-order valence-electron chi connectivity index (χ3n) is 9.49. The van der Waals surface area contributed by atoms with Gasteiger partial charge < -0.3 is 14.4 Å². The molecule has 3 aromatic rings. The molecule has 44 heavy (non-hydrogen) atoms. The normalized spacial score (nSPS) is 24.0. The summed E-state index contributed by atoms with van der Waals surface area (Å²) >= 11 is 3.60. The molecule has 6 rings (SSSR count). The molecule has 2 amide bonds. The first-order chi connectivity index (χ1) is 21.2. The Morgan fingerprint density at radius 3 is 2.52 bits per heavy atom. The average Bonchev–Trinajstić information content (AvgIpc) is 3.34. The SMILES string of the molecule is Cc1c(Br)cccc1OC1CCC(OC[C@H](C)CN2CCN(c3ccc4c(C5CCC(=O)NC5=O)nn(C)c4c3)CC2)CC1. The molecule has 3 aliphatic rings. The van der Waals surface area contributed by atoms with Crippen LogP contribution in [-0.2, 0) is 21.4 Å². The highest BCUT2D eigenvalue weighted by molar-refractivity contribution is 9.10. The quantitative estimate of drug-likeness (QED) is 0.309. The molecule has 1 saturated carbocycles. The Morgan fingerprint density at radius 1 is 1.02 bits per heavy atom. The number of piperazine rings is 1. The molecule has 2 aromatic carbocycles. The Kier molecular flexibility index (Phi) is 9.59. The van der Waals surface area contributed by atoms with E-state index in [1.54, 1.807) is 0 Å². The minimum atomic E-state index is -0.382. The summed E-state index contributed by atoms with van der Waals surface area (Å²) in [5.74, 6) is 0.634. The number of amides is 2. The summed E-state index contributed by atoms with van der Waals surface area (Å²) in [6.07, 6.45) is 5.64. The van der Waals surface area contributed by atoms with Crippen molar-refractivity contribution in [3.05, 3.63) is 52.1 Å². The number of nitrogens with one attached hydrogen (secondary N) is 1. The Labute approximate surface area is 268 Å². The van der Waals surface area contributed by atoms with Crippen LogP contribution in [0, 0.1) is 12.8 Å². The lowest BCUT2D eigenvalue weighted by Gasteiger charge is -2.37. The van der Waals surface area contributed by atoms with Crippen molar-refractivity contribution in [2.75, 3.05) is 44.2 Å². The number of nitrogens with zero attached hydrogens (tertiary/aromatic N) is 4. The van der Waals surface area contributed by atoms with Crippen molar-refractivity contribution < 1.29 is 19.1 Å². The third kappa shape index (κ3) is 6.97. The molecular formula is C34H44BrN5O4. The van der Waals surface area contributed by atoms with E-state index in [1.807, 2.05) is 17.8 Å². The first-order valence-electron chi connectivity index (χ1n) is 16.1. The molecule has 2 saturated heterocycles. The minimum absolute atomic E-state index is 0.202. The molecule has 1 N–H and O–H groups in total. The zero-order chi connectivity index (χ0) is 30.8. The molecule has 0 spiro atoms. The second-order valence-corrected chi connectivity index (χ2v) is 13.7. The first kappa shape index (κ1) is 31.0. The van der Waals surface area contributed by atoms with E-state index in [0.717, 1.165) is 97.4 Å². The Balaban J connectivity index is 0.941. The van der Waals surface area contributed by atoms with E-state index in [1.165, 1.54) is 5.69 Å². The summed E-state index contributed by atoms with van der Waals surface area (Å²) in [7, 11) is 1.92. The maximum atomic E-state index is 12.5. The van der Waals surface area contributed by atoms with Gasteiger partial charge in [-0.3, -0.25) is 24.5 Å². The van der Waals surface area contributed by atoms with Gasteiger partial charge in [-0.05, 0) is 75.3 Å². The number of fused-ring (bicyclic) bond motifs is 1. The average molecular weight is 667 g/mol. The van der Waals surface area contributed by atoms with Crippen LogP contribution in [-0.4, -0.2) is 78.0 Å². The maximum absolute atomic E-state index is 12.5. The second-order valence-electron chi connectivity index (χ2n) is 12.8. The van der Waals surface area contributed by atoms with E-state index in [-0.39, 0.29) is 23.8 Å². The van der Waals surface area contributed by atoms with Crippen LogP contribution < -0.4 is 15.0 Å². The van der Waals surface area contributed by atoms with Gasteiger partial charge in [0.1, 0.15) is 5.75 Å². The number of aryl methyl sites for hydroxylation is 1. The molecule has 3 heterocycles. The van der Waals surface area contributed by atoms with Gasteiger partial charge in [-0.25, -0.2) is 0 Å². The molecule has 3 fully saturated rings. The van der Waals surface area contributed by atoms with Gasteiger partial charge in [-0.15, -0.1) is 0 Å². The highest BCUT2D eigenvalue weighted by atomic mass is 79.9. The zero-order valence-corrected chi connectivity index (χ0v) is 27.6. The number of carbonyl (C=O) groups is 2. The Morgan fingerprint density at radius 2 is 1.77 bits per heavy atom. The van der Waals surface area contributed by atoms with Gasteiger partial charge in [0.05, 0.1) is 35.9 Å². The van der Waals surface area contributed by atoms with Crippen LogP contribution >= 0.6 is 15.9 Å². The summed E-state index contributed by atoms with van der Waals surface area (Å²) in [6, 6.07) is 12.6. The summed E-state index contributed by atoms with van der Waals surface area (Å²) in [6.45, 7) is 10.2. The topological polar surface area (TPSA) is 88.9 Å². The number of piperidine rings is 1. The number of ether oxygens (including phenoxy) is 2. The van der Waals surface area contributed by atoms with Crippen LogP contribution in [0.3, 0.4) is 0 Å². The Bertz CT molecular complexity index is 1490. The van der Waals surface area contributed by atoms with E-state index in [0.29, 0.717) is 24.9 Å². The monoisotopic (exact) mass is 665 g/mol. The van der Waals surface area contributed by atoms with Crippen LogP contribution in [0.1, 0.15) is 62.6 Å². The lowest BCUT2D eigenvalue weighted by molar-refractivity contribution is -0.134. The molecule has 236 valence electrons. The number of rotatable bonds is 9. The Hall–Kier alpha value is -2.95. The van der Waals surface area contributed by atoms with Crippen LogP contribution in [0.5, 0.6) is 5.75 Å². The summed E-state index contributed by atoms with van der Waals surface area (Å²) < 4.78 is 15.6. The second kappa shape index (κ2) is 13.6. The first-order valence-corrected chi connectivity index (χ1v) is 16.9. The minimum Gasteiger partial charge on any atom is -0.490 e. The van der Waals surface area contributed by atoms with Gasteiger partial charge in [-0.1, -0.05) is 28.9 Å². The molecule has 1 unspecified atom stereocenters. The number of anilines is 1. The van der Waals surface area contributed by atoms with Gasteiger partial charge in [0.2, 0.25) is 11.8 Å². The van der Waals surface area contributed by atoms with Crippen LogP contribution in [0.2, 0.25) is 0 Å². The number of halogens is 1. The molecule has 2 atom stereocenters. The van der Waals surface area contributed by atoms with Gasteiger partial charge in [0.25, 0.3) is 0 Å². The summed E-state index contributed by atoms with van der Waals surface area (Å²) in [4.78, 5) is 29.1. The molecule has 1 aromatic heterocycles. The summed E-state index contributed by atoms with van der Waals surface area (Å²) in [5, 5.41) is 8.15. The molecule has 1 aliphatic carbocycles.